The SMILES string of the molecule is CCCCCCCCc1cc(C(N)=O)c(SC)nc1Cc1ccccc1. The van der Waals surface area contributed by atoms with Crippen molar-refractivity contribution in [3.8, 4) is 0 Å². The van der Waals surface area contributed by atoms with Crippen LogP contribution in [0.5, 0.6) is 0 Å². The minimum Gasteiger partial charge on any atom is -0.366 e. The number of thioether (sulfide) groups is 1. The largest absolute Gasteiger partial charge is 0.366 e. The van der Waals surface area contributed by atoms with E-state index >= 15 is 0 Å². The van der Waals surface area contributed by atoms with Gasteiger partial charge in [-0.25, -0.2) is 4.98 Å². The molecule has 0 spiro atoms. The molecule has 0 atom stereocenters. The Balaban J connectivity index is 2.18. The number of aryl methyl sites for hydroxylation is 1. The number of benzene rings is 1. The van der Waals surface area contributed by atoms with E-state index in [2.05, 4.69) is 31.2 Å². The van der Waals surface area contributed by atoms with Crippen LogP contribution >= 0.6 is 11.8 Å². The first-order valence-electron chi connectivity index (χ1n) is 9.56. The molecule has 0 saturated heterocycles. The van der Waals surface area contributed by atoms with Crippen LogP contribution in [0.15, 0.2) is 41.4 Å². The molecule has 3 nitrogen and oxygen atoms in total. The van der Waals surface area contributed by atoms with Gasteiger partial charge >= 0.3 is 0 Å². The number of hydrogen-bond donors (Lipinski definition) is 1. The number of nitrogens with two attached hydrogens (primary N) is 1. The van der Waals surface area contributed by atoms with Crippen molar-refractivity contribution in [3.63, 3.8) is 0 Å². The summed E-state index contributed by atoms with van der Waals surface area (Å²) in [5.74, 6) is -0.391. The standard InChI is InChI=1S/C22H30N2OS/c1-3-4-5-6-7-11-14-18-16-19(21(23)25)22(26-2)24-20(18)15-17-12-9-8-10-13-17/h8-10,12-13,16H,3-7,11,14-15H2,1-2H3,(H2,23,25). The Hall–Kier alpha value is -1.81. The molecule has 0 aliphatic carbocycles. The van der Waals surface area contributed by atoms with Gasteiger partial charge in [0.1, 0.15) is 5.03 Å². The molecule has 1 aromatic heterocycles. The zero-order valence-electron chi connectivity index (χ0n) is 16.0. The molecule has 26 heavy (non-hydrogen) atoms. The third kappa shape index (κ3) is 6.17. The summed E-state index contributed by atoms with van der Waals surface area (Å²) in [4.78, 5) is 16.6. The van der Waals surface area contributed by atoms with Crippen molar-refractivity contribution in [2.24, 2.45) is 5.73 Å². The van der Waals surface area contributed by atoms with Gasteiger partial charge in [0.25, 0.3) is 5.91 Å². The number of carbonyl (C=O) groups is 1. The van der Waals surface area contributed by atoms with Gasteiger partial charge in [-0.05, 0) is 36.3 Å². The van der Waals surface area contributed by atoms with Crippen molar-refractivity contribution in [1.29, 1.82) is 0 Å². The summed E-state index contributed by atoms with van der Waals surface area (Å²) < 4.78 is 0. The van der Waals surface area contributed by atoms with Gasteiger partial charge in [-0.3, -0.25) is 4.79 Å². The van der Waals surface area contributed by atoms with E-state index < -0.39 is 5.91 Å². The lowest BCUT2D eigenvalue weighted by molar-refractivity contribution is 0.0996. The highest BCUT2D eigenvalue weighted by atomic mass is 32.2. The predicted octanol–water partition coefficient (Wildman–Crippen LogP) is 5.40. The fourth-order valence-electron chi connectivity index (χ4n) is 3.16. The van der Waals surface area contributed by atoms with Gasteiger partial charge in [0.15, 0.2) is 0 Å². The second-order valence-electron chi connectivity index (χ2n) is 6.70. The summed E-state index contributed by atoms with van der Waals surface area (Å²) in [5.41, 5.74) is 9.60. The van der Waals surface area contributed by atoms with Crippen LogP contribution in [0.2, 0.25) is 0 Å². The maximum absolute atomic E-state index is 11.8. The Kier molecular flexibility index (Phi) is 8.69. The molecule has 2 aromatic rings. The number of aromatic nitrogens is 1. The molecule has 0 radical (unpaired) electrons. The van der Waals surface area contributed by atoms with Crippen LogP contribution in [-0.4, -0.2) is 17.1 Å². The average molecular weight is 371 g/mol. The van der Waals surface area contributed by atoms with E-state index in [-0.39, 0.29) is 0 Å². The van der Waals surface area contributed by atoms with Crippen molar-refractivity contribution in [2.45, 2.75) is 63.3 Å². The van der Waals surface area contributed by atoms with Gasteiger partial charge in [-0.1, -0.05) is 69.4 Å². The lowest BCUT2D eigenvalue weighted by Crippen LogP contribution is -2.15. The third-order valence-corrected chi connectivity index (χ3v) is 5.33. The molecule has 1 heterocycles. The number of nitrogens with zero attached hydrogens (tertiary/aromatic N) is 1. The molecule has 0 fully saturated rings. The quantitative estimate of drug-likeness (QED) is 0.426. The van der Waals surface area contributed by atoms with E-state index in [0.717, 1.165) is 35.5 Å². The zero-order chi connectivity index (χ0) is 18.8. The molecular formula is C22H30N2OS. The first-order chi connectivity index (χ1) is 12.7. The zero-order valence-corrected chi connectivity index (χ0v) is 16.8. The van der Waals surface area contributed by atoms with Crippen LogP contribution in [0, 0.1) is 0 Å². The summed E-state index contributed by atoms with van der Waals surface area (Å²) in [6.07, 6.45) is 11.2. The van der Waals surface area contributed by atoms with Crippen molar-refractivity contribution in [3.05, 3.63) is 58.8 Å². The van der Waals surface area contributed by atoms with Crippen LogP contribution in [0.25, 0.3) is 0 Å². The Labute approximate surface area is 161 Å². The number of rotatable bonds is 11. The number of amides is 1. The Morgan fingerprint density at radius 1 is 1.08 bits per heavy atom. The number of carbonyl (C=O) groups excluding carboxylic acids is 1. The molecule has 0 saturated carbocycles. The van der Waals surface area contributed by atoms with Crippen LogP contribution in [0.4, 0.5) is 0 Å². The molecule has 0 aliphatic heterocycles. The molecule has 1 amide bonds. The number of primary amides is 1. The van der Waals surface area contributed by atoms with Gasteiger partial charge in [-0.15, -0.1) is 11.8 Å². The van der Waals surface area contributed by atoms with E-state index in [0.29, 0.717) is 5.56 Å². The van der Waals surface area contributed by atoms with E-state index in [1.54, 1.807) is 0 Å². The van der Waals surface area contributed by atoms with Gasteiger partial charge < -0.3 is 5.73 Å². The van der Waals surface area contributed by atoms with E-state index in [1.807, 2.05) is 18.4 Å². The van der Waals surface area contributed by atoms with Crippen LogP contribution in [0.1, 0.15) is 72.6 Å². The molecule has 4 heteroatoms. The number of hydrogen-bond acceptors (Lipinski definition) is 3. The van der Waals surface area contributed by atoms with Gasteiger partial charge in [0, 0.05) is 12.1 Å². The molecular weight excluding hydrogens is 340 g/mol. The number of unbranched alkanes of at least 4 members (excludes halogenated alkanes) is 5. The van der Waals surface area contributed by atoms with Gasteiger partial charge in [-0.2, -0.15) is 0 Å². The lowest BCUT2D eigenvalue weighted by Gasteiger charge is -2.13. The lowest BCUT2D eigenvalue weighted by atomic mass is 9.98. The first kappa shape index (κ1) is 20.5. The molecule has 2 rings (SSSR count). The Bertz CT molecular complexity index is 701. The third-order valence-electron chi connectivity index (χ3n) is 4.63. The fourth-order valence-corrected chi connectivity index (χ4v) is 3.74. The molecule has 2 N–H and O–H groups in total. The molecule has 0 bridgehead atoms. The van der Waals surface area contributed by atoms with Gasteiger partial charge in [0.05, 0.1) is 5.56 Å². The van der Waals surface area contributed by atoms with Crippen LogP contribution in [0.3, 0.4) is 0 Å². The van der Waals surface area contributed by atoms with Gasteiger partial charge in [0.2, 0.25) is 0 Å². The second kappa shape index (κ2) is 11.0. The smallest absolute Gasteiger partial charge is 0.251 e. The summed E-state index contributed by atoms with van der Waals surface area (Å²) in [7, 11) is 0. The normalized spacial score (nSPS) is 10.8. The van der Waals surface area contributed by atoms with E-state index in [4.69, 9.17) is 10.7 Å². The summed E-state index contributed by atoms with van der Waals surface area (Å²) in [6.45, 7) is 2.24. The maximum Gasteiger partial charge on any atom is 0.251 e. The van der Waals surface area contributed by atoms with Crippen molar-refractivity contribution in [2.75, 3.05) is 6.26 Å². The molecule has 0 unspecified atom stereocenters. The van der Waals surface area contributed by atoms with E-state index in [9.17, 15) is 4.79 Å². The number of pyridine rings is 1. The maximum atomic E-state index is 11.8. The topological polar surface area (TPSA) is 56.0 Å². The fraction of sp³-hybridized carbons (Fsp3) is 0.455. The highest BCUT2D eigenvalue weighted by Gasteiger charge is 2.15. The predicted molar refractivity (Wildman–Crippen MR) is 111 cm³/mol. The summed E-state index contributed by atoms with van der Waals surface area (Å²) >= 11 is 1.48. The van der Waals surface area contributed by atoms with Crippen molar-refractivity contribution < 1.29 is 4.79 Å². The minimum atomic E-state index is -0.391. The Morgan fingerprint density at radius 2 is 1.77 bits per heavy atom. The van der Waals surface area contributed by atoms with Crippen LogP contribution in [-0.2, 0) is 12.8 Å². The van der Waals surface area contributed by atoms with Crippen molar-refractivity contribution >= 4 is 17.7 Å². The summed E-state index contributed by atoms with van der Waals surface area (Å²) in [5, 5.41) is 0.732. The van der Waals surface area contributed by atoms with Crippen LogP contribution < -0.4 is 5.73 Å². The van der Waals surface area contributed by atoms with E-state index in [1.165, 1.54) is 49.4 Å². The molecule has 0 aliphatic rings. The average Bonchev–Trinajstić information content (AvgIpc) is 2.65. The summed E-state index contributed by atoms with van der Waals surface area (Å²) in [6, 6.07) is 12.4. The minimum absolute atomic E-state index is 0.391. The monoisotopic (exact) mass is 370 g/mol. The first-order valence-corrected chi connectivity index (χ1v) is 10.8. The molecule has 1 aromatic carbocycles. The Morgan fingerprint density at radius 3 is 2.42 bits per heavy atom. The second-order valence-corrected chi connectivity index (χ2v) is 7.49. The highest BCUT2D eigenvalue weighted by Crippen LogP contribution is 2.24. The highest BCUT2D eigenvalue weighted by molar-refractivity contribution is 7.98. The van der Waals surface area contributed by atoms with Crippen molar-refractivity contribution in [1.82, 2.24) is 4.98 Å². The molecule has 140 valence electrons.